The van der Waals surface area contributed by atoms with Gasteiger partial charge in [0.05, 0.1) is 6.10 Å². The van der Waals surface area contributed by atoms with E-state index in [9.17, 15) is 9.59 Å². The highest BCUT2D eigenvalue weighted by molar-refractivity contribution is 5.94. The molecule has 104 valence electrons. The number of nitrogens with zero attached hydrogens (tertiary/aromatic N) is 1. The first-order valence-corrected chi connectivity index (χ1v) is 6.80. The number of likely N-dealkylation sites (tertiary alicyclic amines) is 1. The molecule has 0 radical (unpaired) electrons. The minimum Gasteiger partial charge on any atom is -0.376 e. The molecule has 2 rings (SSSR count). The van der Waals surface area contributed by atoms with Crippen LogP contribution in [-0.4, -0.2) is 41.6 Å². The van der Waals surface area contributed by atoms with E-state index in [1.165, 1.54) is 12.3 Å². The lowest BCUT2D eigenvalue weighted by atomic mass is 10.1. The summed E-state index contributed by atoms with van der Waals surface area (Å²) >= 11 is 0. The molecule has 0 saturated carbocycles. The normalized spacial score (nSPS) is 19.4. The second-order valence-corrected chi connectivity index (χ2v) is 4.83. The van der Waals surface area contributed by atoms with Crippen LogP contribution in [0.3, 0.4) is 0 Å². The molecular weight excluding hydrogens is 244 g/mol. The Hall–Kier alpha value is -1.62. The maximum atomic E-state index is 12.3. The van der Waals surface area contributed by atoms with Crippen LogP contribution in [0.25, 0.3) is 0 Å². The SMILES string of the molecule is CCCOC1CCCN(C(=O)c2cc[nH]c(=O)c2)C1. The number of H-pyrrole nitrogens is 1. The molecule has 1 aromatic rings. The average molecular weight is 264 g/mol. The second-order valence-electron chi connectivity index (χ2n) is 4.83. The first-order valence-electron chi connectivity index (χ1n) is 6.80. The summed E-state index contributed by atoms with van der Waals surface area (Å²) in [4.78, 5) is 27.8. The molecule has 1 aliphatic rings. The lowest BCUT2D eigenvalue weighted by molar-refractivity contribution is 0.00210. The smallest absolute Gasteiger partial charge is 0.254 e. The lowest BCUT2D eigenvalue weighted by Gasteiger charge is -2.32. The van der Waals surface area contributed by atoms with Crippen molar-refractivity contribution in [1.29, 1.82) is 0 Å². The van der Waals surface area contributed by atoms with Gasteiger partial charge in [0.25, 0.3) is 5.91 Å². The van der Waals surface area contributed by atoms with Crippen LogP contribution in [-0.2, 0) is 4.74 Å². The lowest BCUT2D eigenvalue weighted by Crippen LogP contribution is -2.43. The largest absolute Gasteiger partial charge is 0.376 e. The van der Waals surface area contributed by atoms with Gasteiger partial charge in [-0.3, -0.25) is 9.59 Å². The number of rotatable bonds is 4. The van der Waals surface area contributed by atoms with Crippen molar-refractivity contribution in [1.82, 2.24) is 9.88 Å². The van der Waals surface area contributed by atoms with Crippen molar-refractivity contribution in [3.63, 3.8) is 0 Å². The number of piperidine rings is 1. The number of ether oxygens (including phenoxy) is 1. The number of pyridine rings is 1. The summed E-state index contributed by atoms with van der Waals surface area (Å²) in [5.41, 5.74) is 0.196. The fraction of sp³-hybridized carbons (Fsp3) is 0.571. The number of aromatic amines is 1. The highest BCUT2D eigenvalue weighted by Crippen LogP contribution is 2.15. The number of aromatic nitrogens is 1. The predicted molar refractivity (Wildman–Crippen MR) is 72.2 cm³/mol. The Morgan fingerprint density at radius 3 is 3.16 bits per heavy atom. The van der Waals surface area contributed by atoms with E-state index in [0.29, 0.717) is 12.1 Å². The Morgan fingerprint density at radius 2 is 2.42 bits per heavy atom. The van der Waals surface area contributed by atoms with E-state index in [2.05, 4.69) is 11.9 Å². The number of amides is 1. The molecule has 0 aromatic carbocycles. The van der Waals surface area contributed by atoms with E-state index in [1.54, 1.807) is 11.0 Å². The predicted octanol–water partition coefficient (Wildman–Crippen LogP) is 1.41. The zero-order valence-electron chi connectivity index (χ0n) is 11.2. The van der Waals surface area contributed by atoms with Crippen molar-refractivity contribution in [3.05, 3.63) is 34.2 Å². The minimum atomic E-state index is -0.248. The summed E-state index contributed by atoms with van der Waals surface area (Å²) in [5, 5.41) is 0. The molecule has 1 atom stereocenters. The summed E-state index contributed by atoms with van der Waals surface area (Å²) in [5.74, 6) is -0.0871. The van der Waals surface area contributed by atoms with Crippen LogP contribution >= 0.6 is 0 Å². The highest BCUT2D eigenvalue weighted by atomic mass is 16.5. The molecule has 1 N–H and O–H groups in total. The van der Waals surface area contributed by atoms with Crippen LogP contribution in [0.2, 0.25) is 0 Å². The van der Waals surface area contributed by atoms with E-state index in [0.717, 1.165) is 32.4 Å². The topological polar surface area (TPSA) is 62.4 Å². The summed E-state index contributed by atoms with van der Waals surface area (Å²) in [6.45, 7) is 4.16. The molecule has 1 fully saturated rings. The van der Waals surface area contributed by atoms with Crippen LogP contribution in [0.15, 0.2) is 23.1 Å². The zero-order valence-corrected chi connectivity index (χ0v) is 11.2. The number of carbonyl (C=O) groups is 1. The van der Waals surface area contributed by atoms with Gasteiger partial charge in [-0.05, 0) is 25.3 Å². The van der Waals surface area contributed by atoms with Crippen LogP contribution < -0.4 is 5.56 Å². The second kappa shape index (κ2) is 6.52. The molecule has 1 unspecified atom stereocenters. The third-order valence-corrected chi connectivity index (χ3v) is 3.25. The van der Waals surface area contributed by atoms with Crippen molar-refractivity contribution in [2.45, 2.75) is 32.3 Å². The van der Waals surface area contributed by atoms with Crippen LogP contribution in [0.4, 0.5) is 0 Å². The zero-order chi connectivity index (χ0) is 13.7. The van der Waals surface area contributed by atoms with Gasteiger partial charge in [-0.2, -0.15) is 0 Å². The number of hydrogen-bond acceptors (Lipinski definition) is 3. The van der Waals surface area contributed by atoms with Crippen molar-refractivity contribution in [3.8, 4) is 0 Å². The highest BCUT2D eigenvalue weighted by Gasteiger charge is 2.24. The fourth-order valence-electron chi connectivity index (χ4n) is 2.30. The van der Waals surface area contributed by atoms with E-state index in [1.807, 2.05) is 0 Å². The molecule has 0 aliphatic carbocycles. The Morgan fingerprint density at radius 1 is 1.58 bits per heavy atom. The third-order valence-electron chi connectivity index (χ3n) is 3.25. The van der Waals surface area contributed by atoms with E-state index < -0.39 is 0 Å². The first-order chi connectivity index (χ1) is 9.20. The monoisotopic (exact) mass is 264 g/mol. The van der Waals surface area contributed by atoms with Gasteiger partial charge < -0.3 is 14.6 Å². The minimum absolute atomic E-state index is 0.0871. The molecule has 1 aliphatic heterocycles. The van der Waals surface area contributed by atoms with E-state index in [4.69, 9.17) is 4.74 Å². The van der Waals surface area contributed by atoms with E-state index in [-0.39, 0.29) is 17.6 Å². The van der Waals surface area contributed by atoms with Gasteiger partial charge in [-0.1, -0.05) is 6.92 Å². The van der Waals surface area contributed by atoms with Gasteiger partial charge in [0.15, 0.2) is 0 Å². The van der Waals surface area contributed by atoms with E-state index >= 15 is 0 Å². The maximum absolute atomic E-state index is 12.3. The average Bonchev–Trinajstić information content (AvgIpc) is 2.44. The number of nitrogens with one attached hydrogen (secondary N) is 1. The molecule has 1 amide bonds. The van der Waals surface area contributed by atoms with Crippen LogP contribution in [0, 0.1) is 0 Å². The maximum Gasteiger partial charge on any atom is 0.254 e. The third kappa shape index (κ3) is 3.67. The summed E-state index contributed by atoms with van der Waals surface area (Å²) in [7, 11) is 0. The number of hydrogen-bond donors (Lipinski definition) is 1. The molecule has 0 spiro atoms. The van der Waals surface area contributed by atoms with Gasteiger partial charge in [0.2, 0.25) is 5.56 Å². The standard InChI is InChI=1S/C14H20N2O3/c1-2-8-19-12-4-3-7-16(10-12)14(18)11-5-6-15-13(17)9-11/h5-6,9,12H,2-4,7-8,10H2,1H3,(H,15,17). The van der Waals surface area contributed by atoms with Crippen molar-refractivity contribution >= 4 is 5.91 Å². The fourth-order valence-corrected chi connectivity index (χ4v) is 2.30. The molecule has 19 heavy (non-hydrogen) atoms. The molecule has 0 bridgehead atoms. The molecular formula is C14H20N2O3. The van der Waals surface area contributed by atoms with Crippen molar-refractivity contribution in [2.75, 3.05) is 19.7 Å². The Balaban J connectivity index is 2.00. The Kier molecular flexibility index (Phi) is 4.74. The van der Waals surface area contributed by atoms with Gasteiger partial charge in [-0.25, -0.2) is 0 Å². The van der Waals surface area contributed by atoms with Gasteiger partial charge in [0, 0.05) is 37.5 Å². The van der Waals surface area contributed by atoms with Gasteiger partial charge in [-0.15, -0.1) is 0 Å². The molecule has 5 heteroatoms. The molecule has 5 nitrogen and oxygen atoms in total. The Bertz CT molecular complexity index is 484. The molecule has 1 aromatic heterocycles. The van der Waals surface area contributed by atoms with Gasteiger partial charge >= 0.3 is 0 Å². The van der Waals surface area contributed by atoms with Crippen molar-refractivity contribution < 1.29 is 9.53 Å². The number of carbonyl (C=O) groups excluding carboxylic acids is 1. The molecule has 2 heterocycles. The van der Waals surface area contributed by atoms with Gasteiger partial charge in [0.1, 0.15) is 0 Å². The Labute approximate surface area is 112 Å². The molecule has 1 saturated heterocycles. The van der Waals surface area contributed by atoms with Crippen LogP contribution in [0.1, 0.15) is 36.5 Å². The summed E-state index contributed by atoms with van der Waals surface area (Å²) in [6, 6.07) is 2.99. The first kappa shape index (κ1) is 13.8. The quantitative estimate of drug-likeness (QED) is 0.894. The summed E-state index contributed by atoms with van der Waals surface area (Å²) in [6.07, 6.45) is 4.56. The van der Waals surface area contributed by atoms with Crippen LogP contribution in [0.5, 0.6) is 0 Å². The summed E-state index contributed by atoms with van der Waals surface area (Å²) < 4.78 is 5.71. The van der Waals surface area contributed by atoms with Crippen molar-refractivity contribution in [2.24, 2.45) is 0 Å².